The third-order valence-electron chi connectivity index (χ3n) is 4.32. The van der Waals surface area contributed by atoms with Crippen molar-refractivity contribution in [1.29, 1.82) is 5.41 Å². The fourth-order valence-electron chi connectivity index (χ4n) is 3.02. The number of nitrogens with zero attached hydrogens (tertiary/aromatic N) is 3. The number of rotatable bonds is 7. The molecular weight excluding hydrogens is 346 g/mol. The topological polar surface area (TPSA) is 101 Å². The Hall–Kier alpha value is -3.00. The summed E-state index contributed by atoms with van der Waals surface area (Å²) in [6.07, 6.45) is 3.07. The smallest absolute Gasteiger partial charge is 0.267 e. The molecule has 0 spiro atoms. The average molecular weight is 369 g/mol. The Balaban J connectivity index is 2.18. The first kappa shape index (κ1) is 18.8. The van der Waals surface area contributed by atoms with Crippen LogP contribution in [-0.4, -0.2) is 40.1 Å². The third kappa shape index (κ3) is 3.61. The molecule has 3 heterocycles. The molecule has 0 unspecified atom stereocenters. The summed E-state index contributed by atoms with van der Waals surface area (Å²) in [6, 6.07) is 6.78. The molecule has 0 atom stereocenters. The van der Waals surface area contributed by atoms with Crippen molar-refractivity contribution >= 4 is 22.6 Å². The van der Waals surface area contributed by atoms with Crippen LogP contribution in [0, 0.1) is 5.41 Å². The van der Waals surface area contributed by atoms with E-state index in [1.807, 2.05) is 6.92 Å². The molecule has 0 aliphatic heterocycles. The molecule has 0 aromatic carbocycles. The van der Waals surface area contributed by atoms with Crippen LogP contribution >= 0.6 is 0 Å². The minimum absolute atomic E-state index is 0.0563. The molecule has 1 amide bonds. The number of aromatic nitrogens is 3. The van der Waals surface area contributed by atoms with Crippen molar-refractivity contribution < 1.29 is 9.53 Å². The van der Waals surface area contributed by atoms with Crippen LogP contribution < -0.4 is 16.4 Å². The summed E-state index contributed by atoms with van der Waals surface area (Å²) in [5.74, 6) is -0.375. The highest BCUT2D eigenvalue weighted by atomic mass is 16.5. The second-order valence-corrected chi connectivity index (χ2v) is 6.24. The summed E-state index contributed by atoms with van der Waals surface area (Å²) in [7, 11) is 1.60. The number of fused-ring (bicyclic) bond motifs is 2. The molecule has 3 aromatic heterocycles. The molecule has 8 nitrogen and oxygen atoms in total. The first-order valence-corrected chi connectivity index (χ1v) is 8.95. The summed E-state index contributed by atoms with van der Waals surface area (Å²) >= 11 is 0. The quantitative estimate of drug-likeness (QED) is 0.484. The predicted octanol–water partition coefficient (Wildman–Crippen LogP) is 1.30. The molecule has 142 valence electrons. The van der Waals surface area contributed by atoms with Crippen molar-refractivity contribution in [3.63, 3.8) is 0 Å². The van der Waals surface area contributed by atoms with E-state index >= 15 is 0 Å². The number of ether oxygens (including phenoxy) is 1. The lowest BCUT2D eigenvalue weighted by Gasteiger charge is -2.14. The lowest BCUT2D eigenvalue weighted by molar-refractivity contribution is 0.0946. The molecule has 0 saturated heterocycles. The van der Waals surface area contributed by atoms with Gasteiger partial charge in [0.05, 0.1) is 10.9 Å². The zero-order valence-corrected chi connectivity index (χ0v) is 15.5. The summed E-state index contributed by atoms with van der Waals surface area (Å²) in [4.78, 5) is 30.1. The van der Waals surface area contributed by atoms with Gasteiger partial charge in [-0.05, 0) is 31.0 Å². The van der Waals surface area contributed by atoms with Crippen molar-refractivity contribution in [3.8, 4) is 0 Å². The number of methoxy groups -OCH3 is 1. The van der Waals surface area contributed by atoms with Gasteiger partial charge in [0.25, 0.3) is 11.5 Å². The Morgan fingerprint density at radius 3 is 2.93 bits per heavy atom. The van der Waals surface area contributed by atoms with Gasteiger partial charge in [0.15, 0.2) is 0 Å². The van der Waals surface area contributed by atoms with Crippen LogP contribution in [0.15, 0.2) is 35.3 Å². The Kier molecular flexibility index (Phi) is 5.66. The van der Waals surface area contributed by atoms with E-state index in [4.69, 9.17) is 10.1 Å². The zero-order valence-electron chi connectivity index (χ0n) is 15.5. The Bertz CT molecular complexity index is 1100. The fourth-order valence-corrected chi connectivity index (χ4v) is 3.02. The second-order valence-electron chi connectivity index (χ2n) is 6.24. The SMILES string of the molecule is CCCn1c(=N)c(C(=O)NCCCOC)cc2c(=O)n3ccccc3nc21. The molecule has 8 heteroatoms. The first-order valence-electron chi connectivity index (χ1n) is 8.95. The first-order chi connectivity index (χ1) is 13.1. The molecule has 0 fully saturated rings. The van der Waals surface area contributed by atoms with Gasteiger partial charge in [0.1, 0.15) is 16.8 Å². The molecule has 27 heavy (non-hydrogen) atoms. The number of nitrogens with one attached hydrogen (secondary N) is 2. The van der Waals surface area contributed by atoms with Crippen LogP contribution in [0.4, 0.5) is 0 Å². The van der Waals surface area contributed by atoms with E-state index in [0.29, 0.717) is 42.8 Å². The van der Waals surface area contributed by atoms with Crippen molar-refractivity contribution in [2.24, 2.45) is 0 Å². The molecule has 3 rings (SSSR count). The van der Waals surface area contributed by atoms with E-state index in [9.17, 15) is 9.59 Å². The highest BCUT2D eigenvalue weighted by Gasteiger charge is 2.16. The van der Waals surface area contributed by atoms with Gasteiger partial charge >= 0.3 is 0 Å². The predicted molar refractivity (Wildman–Crippen MR) is 102 cm³/mol. The maximum Gasteiger partial charge on any atom is 0.267 e. The number of aryl methyl sites for hydroxylation is 1. The van der Waals surface area contributed by atoms with Crippen LogP contribution in [0.2, 0.25) is 0 Å². The van der Waals surface area contributed by atoms with Gasteiger partial charge in [0.2, 0.25) is 0 Å². The minimum atomic E-state index is -0.375. The normalized spacial score (nSPS) is 11.2. The van der Waals surface area contributed by atoms with Crippen LogP contribution in [-0.2, 0) is 11.3 Å². The van der Waals surface area contributed by atoms with E-state index < -0.39 is 0 Å². The van der Waals surface area contributed by atoms with Crippen molar-refractivity contribution in [1.82, 2.24) is 19.3 Å². The maximum absolute atomic E-state index is 12.9. The number of carbonyl (C=O) groups excluding carboxylic acids is 1. The number of carbonyl (C=O) groups is 1. The Morgan fingerprint density at radius 2 is 2.19 bits per heavy atom. The van der Waals surface area contributed by atoms with Gasteiger partial charge in [-0.25, -0.2) is 4.98 Å². The summed E-state index contributed by atoms with van der Waals surface area (Å²) in [5, 5.41) is 11.6. The van der Waals surface area contributed by atoms with E-state index in [1.165, 1.54) is 10.5 Å². The summed E-state index contributed by atoms with van der Waals surface area (Å²) < 4.78 is 8.05. The van der Waals surface area contributed by atoms with Crippen LogP contribution in [0.5, 0.6) is 0 Å². The lowest BCUT2D eigenvalue weighted by Crippen LogP contribution is -2.35. The van der Waals surface area contributed by atoms with Gasteiger partial charge < -0.3 is 14.6 Å². The van der Waals surface area contributed by atoms with Gasteiger partial charge in [-0.15, -0.1) is 0 Å². The van der Waals surface area contributed by atoms with Gasteiger partial charge in [0, 0.05) is 33.0 Å². The van der Waals surface area contributed by atoms with Gasteiger partial charge in [-0.2, -0.15) is 0 Å². The Labute approximate surface area is 155 Å². The lowest BCUT2D eigenvalue weighted by atomic mass is 10.2. The molecule has 0 radical (unpaired) electrons. The molecule has 0 aliphatic carbocycles. The minimum Gasteiger partial charge on any atom is -0.385 e. The summed E-state index contributed by atoms with van der Waals surface area (Å²) in [5.41, 5.74) is 0.905. The summed E-state index contributed by atoms with van der Waals surface area (Å²) in [6.45, 7) is 3.45. The van der Waals surface area contributed by atoms with E-state index in [2.05, 4.69) is 10.3 Å². The van der Waals surface area contributed by atoms with E-state index in [0.717, 1.165) is 6.42 Å². The molecule has 3 aromatic rings. The molecule has 0 saturated carbocycles. The monoisotopic (exact) mass is 369 g/mol. The van der Waals surface area contributed by atoms with Crippen molar-refractivity contribution in [2.45, 2.75) is 26.3 Å². The second kappa shape index (κ2) is 8.13. The fraction of sp³-hybridized carbons (Fsp3) is 0.368. The molecule has 0 bridgehead atoms. The van der Waals surface area contributed by atoms with Gasteiger partial charge in [-0.1, -0.05) is 13.0 Å². The van der Waals surface area contributed by atoms with Crippen molar-refractivity contribution in [3.05, 3.63) is 51.9 Å². The van der Waals surface area contributed by atoms with Crippen molar-refractivity contribution in [2.75, 3.05) is 20.3 Å². The van der Waals surface area contributed by atoms with E-state index in [-0.39, 0.29) is 22.5 Å². The van der Waals surface area contributed by atoms with Crippen LogP contribution in [0.25, 0.3) is 16.7 Å². The Morgan fingerprint density at radius 1 is 1.37 bits per heavy atom. The standard InChI is InChI=1S/C19H23N5O3/c1-3-9-24-16(20)13(18(25)21-8-6-11-27-2)12-14-17(24)22-15-7-4-5-10-23(15)19(14)26/h4-5,7,10,12,20H,3,6,8-9,11H2,1-2H3,(H,21,25). The van der Waals surface area contributed by atoms with Crippen LogP contribution in [0.3, 0.4) is 0 Å². The molecule has 2 N–H and O–H groups in total. The number of amides is 1. The average Bonchev–Trinajstić information content (AvgIpc) is 2.67. The molecule has 0 aliphatic rings. The number of hydrogen-bond acceptors (Lipinski definition) is 5. The largest absolute Gasteiger partial charge is 0.385 e. The highest BCUT2D eigenvalue weighted by molar-refractivity contribution is 5.96. The maximum atomic E-state index is 12.9. The van der Waals surface area contributed by atoms with E-state index in [1.54, 1.807) is 36.1 Å². The van der Waals surface area contributed by atoms with Crippen LogP contribution in [0.1, 0.15) is 30.1 Å². The number of pyridine rings is 2. The third-order valence-corrected chi connectivity index (χ3v) is 4.32. The highest BCUT2D eigenvalue weighted by Crippen LogP contribution is 2.10. The van der Waals surface area contributed by atoms with Gasteiger partial charge in [-0.3, -0.25) is 19.4 Å². The zero-order chi connectivity index (χ0) is 19.4. The molecular formula is C19H23N5O3. The number of hydrogen-bond donors (Lipinski definition) is 2.